The zero-order chi connectivity index (χ0) is 18.6. The molecule has 0 aliphatic rings. The van der Waals surface area contributed by atoms with Crippen LogP contribution in [0.5, 0.6) is 0 Å². The summed E-state index contributed by atoms with van der Waals surface area (Å²) in [6, 6.07) is 7.75. The summed E-state index contributed by atoms with van der Waals surface area (Å²) in [6.07, 6.45) is 1.81. The molecular formula is C17H16BrN5O3. The van der Waals surface area contributed by atoms with Crippen LogP contribution in [0.1, 0.15) is 0 Å². The van der Waals surface area contributed by atoms with Gasteiger partial charge >= 0.3 is 5.69 Å². The van der Waals surface area contributed by atoms with Crippen molar-refractivity contribution in [3.63, 3.8) is 0 Å². The molecular weight excluding hydrogens is 402 g/mol. The first kappa shape index (κ1) is 16.8. The van der Waals surface area contributed by atoms with Crippen LogP contribution in [0.4, 0.5) is 0 Å². The van der Waals surface area contributed by atoms with Crippen molar-refractivity contribution in [2.24, 2.45) is 14.1 Å². The van der Waals surface area contributed by atoms with Crippen molar-refractivity contribution in [1.82, 2.24) is 23.1 Å². The maximum Gasteiger partial charge on any atom is 0.332 e. The average Bonchev–Trinajstić information content (AvgIpc) is 3.16. The summed E-state index contributed by atoms with van der Waals surface area (Å²) in [5.41, 5.74) is 1.58. The van der Waals surface area contributed by atoms with E-state index in [1.807, 2.05) is 35.0 Å². The van der Waals surface area contributed by atoms with Crippen LogP contribution >= 0.6 is 15.9 Å². The van der Waals surface area contributed by atoms with Gasteiger partial charge in [-0.1, -0.05) is 28.1 Å². The Labute approximate surface area is 155 Å². The van der Waals surface area contributed by atoms with E-state index in [2.05, 4.69) is 20.9 Å². The van der Waals surface area contributed by atoms with Crippen LogP contribution in [0.3, 0.4) is 0 Å². The lowest BCUT2D eigenvalue weighted by Crippen LogP contribution is -2.37. The monoisotopic (exact) mass is 417 g/mol. The molecule has 0 amide bonds. The van der Waals surface area contributed by atoms with E-state index in [9.17, 15) is 14.7 Å². The highest BCUT2D eigenvalue weighted by atomic mass is 79.9. The first-order chi connectivity index (χ1) is 12.4. The Morgan fingerprint density at radius 3 is 2.46 bits per heavy atom. The molecule has 0 unspecified atom stereocenters. The van der Waals surface area contributed by atoms with Crippen LogP contribution in [-0.4, -0.2) is 34.8 Å². The molecule has 0 aliphatic heterocycles. The molecule has 0 fully saturated rings. The molecule has 1 N–H and O–H groups in total. The molecule has 3 heterocycles. The molecule has 0 radical (unpaired) electrons. The number of nitrogens with zero attached hydrogens (tertiary/aromatic N) is 5. The number of hydrogen-bond acceptors (Lipinski definition) is 4. The van der Waals surface area contributed by atoms with E-state index >= 15 is 0 Å². The van der Waals surface area contributed by atoms with Crippen molar-refractivity contribution >= 4 is 32.9 Å². The van der Waals surface area contributed by atoms with Crippen LogP contribution in [0.2, 0.25) is 0 Å². The van der Waals surface area contributed by atoms with Crippen molar-refractivity contribution in [2.75, 3.05) is 6.61 Å². The molecule has 134 valence electrons. The molecule has 0 saturated heterocycles. The molecule has 3 aromatic heterocycles. The molecule has 0 spiro atoms. The predicted octanol–water partition coefficient (Wildman–Crippen LogP) is 1.11. The first-order valence-electron chi connectivity index (χ1n) is 7.98. The third kappa shape index (κ3) is 2.27. The molecule has 8 nitrogen and oxygen atoms in total. The summed E-state index contributed by atoms with van der Waals surface area (Å²) < 4.78 is 6.91. The average molecular weight is 418 g/mol. The number of imidazole rings is 2. The molecule has 4 aromatic rings. The van der Waals surface area contributed by atoms with Gasteiger partial charge in [0, 0.05) is 31.3 Å². The maximum atomic E-state index is 12.7. The molecule has 4 rings (SSSR count). The van der Waals surface area contributed by atoms with Gasteiger partial charge in [0.2, 0.25) is 5.78 Å². The molecule has 26 heavy (non-hydrogen) atoms. The minimum absolute atomic E-state index is 0.0754. The highest BCUT2D eigenvalue weighted by Crippen LogP contribution is 2.26. The normalized spacial score (nSPS) is 11.7. The maximum absolute atomic E-state index is 12.7. The van der Waals surface area contributed by atoms with Gasteiger partial charge in [-0.15, -0.1) is 0 Å². The quantitative estimate of drug-likeness (QED) is 0.540. The van der Waals surface area contributed by atoms with Crippen LogP contribution < -0.4 is 11.2 Å². The van der Waals surface area contributed by atoms with Gasteiger partial charge in [-0.25, -0.2) is 4.79 Å². The molecule has 0 aliphatic carbocycles. The fourth-order valence-electron chi connectivity index (χ4n) is 3.19. The topological polar surface area (TPSA) is 86.5 Å². The van der Waals surface area contributed by atoms with E-state index in [1.165, 1.54) is 11.6 Å². The van der Waals surface area contributed by atoms with Crippen LogP contribution in [-0.2, 0) is 20.6 Å². The van der Waals surface area contributed by atoms with Gasteiger partial charge in [0.05, 0.1) is 12.3 Å². The van der Waals surface area contributed by atoms with Crippen molar-refractivity contribution in [1.29, 1.82) is 0 Å². The lowest BCUT2D eigenvalue weighted by molar-refractivity contribution is 0.278. The van der Waals surface area contributed by atoms with Crippen molar-refractivity contribution in [3.8, 4) is 11.3 Å². The summed E-state index contributed by atoms with van der Waals surface area (Å²) in [6.45, 7) is 0.244. The number of aliphatic hydroxyl groups is 1. The SMILES string of the molecule is Cn1c(=O)c2c(nc3n(CCO)c(-c4ccc(Br)cc4)cn23)n(C)c1=O. The van der Waals surface area contributed by atoms with Gasteiger partial charge in [0.25, 0.3) is 5.56 Å². The first-order valence-corrected chi connectivity index (χ1v) is 8.77. The molecule has 0 bridgehead atoms. The molecule has 9 heteroatoms. The van der Waals surface area contributed by atoms with Gasteiger partial charge in [-0.2, -0.15) is 4.98 Å². The van der Waals surface area contributed by atoms with E-state index in [-0.39, 0.29) is 6.61 Å². The Hall–Kier alpha value is -2.65. The highest BCUT2D eigenvalue weighted by Gasteiger charge is 2.20. The van der Waals surface area contributed by atoms with Gasteiger partial charge in [0.15, 0.2) is 11.2 Å². The van der Waals surface area contributed by atoms with E-state index in [0.29, 0.717) is 23.5 Å². The standard InChI is InChI=1S/C17H16BrN5O3/c1-20-14-13(15(25)21(2)17(20)26)23-9-12(10-3-5-11(18)6-4-10)22(7-8-24)16(23)19-14/h3-6,9,24H,7-8H2,1-2H3. The van der Waals surface area contributed by atoms with Crippen LogP contribution in [0, 0.1) is 0 Å². The van der Waals surface area contributed by atoms with Crippen molar-refractivity contribution in [2.45, 2.75) is 6.54 Å². The number of rotatable bonds is 3. The summed E-state index contributed by atoms with van der Waals surface area (Å²) in [7, 11) is 3.03. The smallest absolute Gasteiger partial charge is 0.332 e. The zero-order valence-corrected chi connectivity index (χ0v) is 15.8. The second kappa shape index (κ2) is 5.96. The van der Waals surface area contributed by atoms with Gasteiger partial charge in [0.1, 0.15) is 0 Å². The van der Waals surface area contributed by atoms with E-state index in [0.717, 1.165) is 20.3 Å². The predicted molar refractivity (Wildman–Crippen MR) is 101 cm³/mol. The Balaban J connectivity index is 2.13. The Morgan fingerprint density at radius 1 is 1.12 bits per heavy atom. The minimum atomic E-state index is -0.426. The number of aliphatic hydroxyl groups excluding tert-OH is 1. The largest absolute Gasteiger partial charge is 0.395 e. The summed E-state index contributed by atoms with van der Waals surface area (Å²) in [4.78, 5) is 29.3. The lowest BCUT2D eigenvalue weighted by Gasteiger charge is -2.07. The van der Waals surface area contributed by atoms with E-state index in [4.69, 9.17) is 0 Å². The van der Waals surface area contributed by atoms with Gasteiger partial charge in [-0.05, 0) is 17.7 Å². The summed E-state index contributed by atoms with van der Waals surface area (Å²) in [5.74, 6) is 0.505. The number of hydrogen-bond donors (Lipinski definition) is 1. The number of fused-ring (bicyclic) bond motifs is 3. The summed E-state index contributed by atoms with van der Waals surface area (Å²) >= 11 is 3.42. The lowest BCUT2D eigenvalue weighted by atomic mass is 10.2. The highest BCUT2D eigenvalue weighted by molar-refractivity contribution is 9.10. The van der Waals surface area contributed by atoms with Gasteiger partial charge < -0.3 is 9.67 Å². The molecule has 0 atom stereocenters. The molecule has 0 saturated carbocycles. The van der Waals surface area contributed by atoms with Crippen LogP contribution in [0.15, 0.2) is 44.5 Å². The van der Waals surface area contributed by atoms with Gasteiger partial charge in [-0.3, -0.25) is 18.3 Å². The van der Waals surface area contributed by atoms with Crippen molar-refractivity contribution in [3.05, 3.63) is 55.8 Å². The number of benzene rings is 1. The van der Waals surface area contributed by atoms with E-state index < -0.39 is 11.2 Å². The van der Waals surface area contributed by atoms with Crippen molar-refractivity contribution < 1.29 is 5.11 Å². The fraction of sp³-hybridized carbons (Fsp3) is 0.235. The Kier molecular flexibility index (Phi) is 3.85. The third-order valence-corrected chi connectivity index (χ3v) is 5.05. The zero-order valence-electron chi connectivity index (χ0n) is 14.2. The second-order valence-electron chi connectivity index (χ2n) is 6.06. The van der Waals surface area contributed by atoms with Crippen LogP contribution in [0.25, 0.3) is 28.2 Å². The van der Waals surface area contributed by atoms with E-state index in [1.54, 1.807) is 11.4 Å². The second-order valence-corrected chi connectivity index (χ2v) is 6.97. The Morgan fingerprint density at radius 2 is 1.81 bits per heavy atom. The number of aryl methyl sites for hydroxylation is 1. The Bertz CT molecular complexity index is 1260. The number of aromatic nitrogens is 5. The number of halogens is 1. The molecule has 1 aromatic carbocycles. The fourth-order valence-corrected chi connectivity index (χ4v) is 3.45. The minimum Gasteiger partial charge on any atom is -0.395 e. The third-order valence-electron chi connectivity index (χ3n) is 4.52. The summed E-state index contributed by atoms with van der Waals surface area (Å²) in [5, 5.41) is 9.50.